The Balaban J connectivity index is 1.65. The zero-order valence-corrected chi connectivity index (χ0v) is 15.9. The second kappa shape index (κ2) is 7.63. The fourth-order valence-electron chi connectivity index (χ4n) is 2.55. The van der Waals surface area contributed by atoms with Gasteiger partial charge in [-0.1, -0.05) is 23.4 Å². The van der Waals surface area contributed by atoms with Crippen molar-refractivity contribution in [2.24, 2.45) is 0 Å². The number of hydrogen-bond acceptors (Lipinski definition) is 6. The Morgan fingerprint density at radius 3 is 2.81 bits per heavy atom. The molecule has 1 aromatic heterocycles. The molecule has 2 aromatic rings. The van der Waals surface area contributed by atoms with Gasteiger partial charge in [-0.3, -0.25) is 14.9 Å². The van der Waals surface area contributed by atoms with Crippen LogP contribution < -0.4 is 5.32 Å². The molecule has 138 valence electrons. The van der Waals surface area contributed by atoms with Crippen LogP contribution in [0.15, 0.2) is 23.4 Å². The number of nitro benzene ring substituents is 1. The fourth-order valence-corrected chi connectivity index (χ4v) is 3.61. The van der Waals surface area contributed by atoms with E-state index in [2.05, 4.69) is 33.9 Å². The van der Waals surface area contributed by atoms with Crippen molar-refractivity contribution in [2.75, 3.05) is 11.1 Å². The lowest BCUT2D eigenvalue weighted by Crippen LogP contribution is -2.15. The SMILES string of the molecule is CC(C)n1c(SCC(=O)Nc2ccc(Cl)c([N+](=O)[O-])c2)nnc1C1CC1. The Morgan fingerprint density at radius 1 is 1.46 bits per heavy atom. The van der Waals surface area contributed by atoms with Gasteiger partial charge in [-0.2, -0.15) is 0 Å². The minimum atomic E-state index is -0.586. The number of aromatic nitrogens is 3. The van der Waals surface area contributed by atoms with Crippen LogP contribution in [0.3, 0.4) is 0 Å². The molecule has 0 atom stereocenters. The molecule has 0 saturated heterocycles. The lowest BCUT2D eigenvalue weighted by Gasteiger charge is -2.13. The van der Waals surface area contributed by atoms with E-state index in [4.69, 9.17) is 11.6 Å². The number of halogens is 1. The van der Waals surface area contributed by atoms with Gasteiger partial charge in [0, 0.05) is 23.7 Å². The minimum Gasteiger partial charge on any atom is -0.325 e. The smallest absolute Gasteiger partial charge is 0.289 e. The van der Waals surface area contributed by atoms with E-state index in [1.54, 1.807) is 0 Å². The van der Waals surface area contributed by atoms with Gasteiger partial charge in [0.05, 0.1) is 10.7 Å². The molecular weight excluding hydrogens is 378 g/mol. The number of thioether (sulfide) groups is 1. The van der Waals surface area contributed by atoms with Crippen LogP contribution in [0.4, 0.5) is 11.4 Å². The second-order valence-electron chi connectivity index (χ2n) is 6.34. The highest BCUT2D eigenvalue weighted by molar-refractivity contribution is 7.99. The standard InChI is InChI=1S/C16H18ClN5O3S/c1-9(2)21-15(10-3-4-10)19-20-16(21)26-8-14(23)18-11-5-6-12(17)13(7-11)22(24)25/h5-7,9-10H,3-4,8H2,1-2H3,(H,18,23). The molecule has 0 unspecified atom stereocenters. The lowest BCUT2D eigenvalue weighted by atomic mass is 10.3. The number of nitrogens with one attached hydrogen (secondary N) is 1. The number of nitro groups is 1. The van der Waals surface area contributed by atoms with Gasteiger partial charge in [0.1, 0.15) is 10.8 Å². The van der Waals surface area contributed by atoms with Crippen molar-refractivity contribution >= 4 is 40.6 Å². The van der Waals surface area contributed by atoms with E-state index >= 15 is 0 Å². The number of carbonyl (C=O) groups excluding carboxylic acids is 1. The average molecular weight is 396 g/mol. The summed E-state index contributed by atoms with van der Waals surface area (Å²) in [7, 11) is 0. The Bertz CT molecular complexity index is 850. The van der Waals surface area contributed by atoms with E-state index in [1.807, 2.05) is 0 Å². The summed E-state index contributed by atoms with van der Waals surface area (Å²) in [6.07, 6.45) is 2.26. The third kappa shape index (κ3) is 4.16. The normalized spacial score (nSPS) is 13.8. The van der Waals surface area contributed by atoms with Crippen molar-refractivity contribution in [3.63, 3.8) is 0 Å². The van der Waals surface area contributed by atoms with Crippen molar-refractivity contribution in [2.45, 2.75) is 43.8 Å². The van der Waals surface area contributed by atoms with Crippen LogP contribution in [-0.2, 0) is 4.79 Å². The number of nitrogens with zero attached hydrogens (tertiary/aromatic N) is 4. The molecular formula is C16H18ClN5O3S. The van der Waals surface area contributed by atoms with Crippen LogP contribution in [0.25, 0.3) is 0 Å². The summed E-state index contributed by atoms with van der Waals surface area (Å²) in [6.45, 7) is 4.12. The topological polar surface area (TPSA) is 103 Å². The van der Waals surface area contributed by atoms with E-state index in [0.717, 1.165) is 18.7 Å². The van der Waals surface area contributed by atoms with Gasteiger partial charge in [-0.25, -0.2) is 0 Å². The maximum absolute atomic E-state index is 12.2. The number of rotatable bonds is 7. The monoisotopic (exact) mass is 395 g/mol. The van der Waals surface area contributed by atoms with Crippen LogP contribution in [-0.4, -0.2) is 31.3 Å². The highest BCUT2D eigenvalue weighted by atomic mass is 35.5. The van der Waals surface area contributed by atoms with E-state index in [0.29, 0.717) is 16.8 Å². The second-order valence-corrected chi connectivity index (χ2v) is 7.69. The van der Waals surface area contributed by atoms with Gasteiger partial charge in [0.2, 0.25) is 5.91 Å². The number of carbonyl (C=O) groups is 1. The molecule has 1 N–H and O–H groups in total. The van der Waals surface area contributed by atoms with Crippen molar-refractivity contribution in [1.29, 1.82) is 0 Å². The number of anilines is 1. The summed E-state index contributed by atoms with van der Waals surface area (Å²) in [4.78, 5) is 22.5. The van der Waals surface area contributed by atoms with E-state index < -0.39 is 4.92 Å². The molecule has 26 heavy (non-hydrogen) atoms. The molecule has 0 aliphatic heterocycles. The van der Waals surface area contributed by atoms with Crippen LogP contribution in [0.5, 0.6) is 0 Å². The summed E-state index contributed by atoms with van der Waals surface area (Å²) in [6, 6.07) is 4.37. The highest BCUT2D eigenvalue weighted by Crippen LogP contribution is 2.41. The Kier molecular flexibility index (Phi) is 5.47. The fraction of sp³-hybridized carbons (Fsp3) is 0.438. The van der Waals surface area contributed by atoms with Crippen molar-refractivity contribution in [1.82, 2.24) is 14.8 Å². The number of amides is 1. The highest BCUT2D eigenvalue weighted by Gasteiger charge is 2.31. The van der Waals surface area contributed by atoms with Crippen LogP contribution >= 0.6 is 23.4 Å². The van der Waals surface area contributed by atoms with E-state index in [9.17, 15) is 14.9 Å². The van der Waals surface area contributed by atoms with Gasteiger partial charge < -0.3 is 9.88 Å². The maximum atomic E-state index is 12.2. The molecule has 3 rings (SSSR count). The van der Waals surface area contributed by atoms with E-state index in [1.165, 1.54) is 30.0 Å². The maximum Gasteiger partial charge on any atom is 0.289 e. The largest absolute Gasteiger partial charge is 0.325 e. The van der Waals surface area contributed by atoms with Crippen LogP contribution in [0.1, 0.15) is 44.5 Å². The molecule has 10 heteroatoms. The molecule has 0 spiro atoms. The molecule has 0 bridgehead atoms. The van der Waals surface area contributed by atoms with Crippen molar-refractivity contribution in [3.8, 4) is 0 Å². The molecule has 0 radical (unpaired) electrons. The zero-order valence-electron chi connectivity index (χ0n) is 14.3. The first-order chi connectivity index (χ1) is 12.4. The summed E-state index contributed by atoms with van der Waals surface area (Å²) in [5.41, 5.74) is 0.0847. The molecule has 1 aromatic carbocycles. The Morgan fingerprint density at radius 2 is 2.19 bits per heavy atom. The first-order valence-corrected chi connectivity index (χ1v) is 9.54. The molecule has 1 aliphatic carbocycles. The van der Waals surface area contributed by atoms with E-state index in [-0.39, 0.29) is 28.4 Å². The summed E-state index contributed by atoms with van der Waals surface area (Å²) in [5, 5.41) is 22.8. The van der Waals surface area contributed by atoms with Crippen LogP contribution in [0, 0.1) is 10.1 Å². The summed E-state index contributed by atoms with van der Waals surface area (Å²) >= 11 is 7.07. The summed E-state index contributed by atoms with van der Waals surface area (Å²) < 4.78 is 2.07. The number of benzene rings is 1. The number of hydrogen-bond donors (Lipinski definition) is 1. The lowest BCUT2D eigenvalue weighted by molar-refractivity contribution is -0.384. The minimum absolute atomic E-state index is 0.0278. The predicted molar refractivity (Wildman–Crippen MR) is 99.8 cm³/mol. The Labute approximate surface area is 159 Å². The first-order valence-electron chi connectivity index (χ1n) is 8.18. The third-order valence-corrected chi connectivity index (χ3v) is 5.17. The first kappa shape index (κ1) is 18.7. The van der Waals surface area contributed by atoms with Gasteiger partial charge >= 0.3 is 0 Å². The molecule has 1 saturated carbocycles. The molecule has 1 amide bonds. The molecule has 1 heterocycles. The van der Waals surface area contributed by atoms with Gasteiger partial charge in [-0.05, 0) is 38.8 Å². The summed E-state index contributed by atoms with van der Waals surface area (Å²) in [5.74, 6) is 1.31. The van der Waals surface area contributed by atoms with Crippen molar-refractivity contribution < 1.29 is 9.72 Å². The molecule has 8 nitrogen and oxygen atoms in total. The van der Waals surface area contributed by atoms with Crippen molar-refractivity contribution in [3.05, 3.63) is 39.2 Å². The van der Waals surface area contributed by atoms with Gasteiger partial charge in [0.15, 0.2) is 5.16 Å². The Hall–Kier alpha value is -2.13. The average Bonchev–Trinajstić information content (AvgIpc) is 3.33. The third-order valence-electron chi connectivity index (χ3n) is 3.91. The van der Waals surface area contributed by atoms with Gasteiger partial charge in [0.25, 0.3) is 5.69 Å². The van der Waals surface area contributed by atoms with Crippen LogP contribution in [0.2, 0.25) is 5.02 Å². The zero-order chi connectivity index (χ0) is 18.8. The molecule has 1 aliphatic rings. The van der Waals surface area contributed by atoms with Gasteiger partial charge in [-0.15, -0.1) is 10.2 Å². The quantitative estimate of drug-likeness (QED) is 0.431. The predicted octanol–water partition coefficient (Wildman–Crippen LogP) is 4.03. The molecule has 1 fully saturated rings.